The van der Waals surface area contributed by atoms with Gasteiger partial charge in [0.25, 0.3) is 5.91 Å². The van der Waals surface area contributed by atoms with Crippen LogP contribution in [0.2, 0.25) is 0 Å². The van der Waals surface area contributed by atoms with Crippen LogP contribution in [-0.2, 0) is 19.6 Å². The van der Waals surface area contributed by atoms with Crippen LogP contribution in [0, 0.1) is 5.82 Å². The van der Waals surface area contributed by atoms with Gasteiger partial charge in [-0.3, -0.25) is 4.79 Å². The second-order valence-electron chi connectivity index (χ2n) is 5.82. The first-order chi connectivity index (χ1) is 13.2. The monoisotopic (exact) mass is 369 g/mol. The lowest BCUT2D eigenvalue weighted by atomic mass is 10.1. The number of halogens is 1. The average molecular weight is 369 g/mol. The van der Waals surface area contributed by atoms with Crippen LogP contribution < -0.4 is 10.1 Å². The van der Waals surface area contributed by atoms with Crippen molar-refractivity contribution in [2.75, 3.05) is 6.54 Å². The zero-order chi connectivity index (χ0) is 19.1. The highest BCUT2D eigenvalue weighted by Crippen LogP contribution is 2.15. The van der Waals surface area contributed by atoms with E-state index < -0.39 is 0 Å². The van der Waals surface area contributed by atoms with E-state index in [0.29, 0.717) is 42.2 Å². The van der Waals surface area contributed by atoms with Crippen LogP contribution in [0.1, 0.15) is 28.7 Å². The van der Waals surface area contributed by atoms with Crippen molar-refractivity contribution in [3.8, 4) is 5.75 Å². The Morgan fingerprint density at radius 2 is 2.07 bits per heavy atom. The van der Waals surface area contributed by atoms with Gasteiger partial charge in [-0.15, -0.1) is 5.10 Å². The third kappa shape index (κ3) is 4.87. The number of hydrogen-bond acceptors (Lipinski definition) is 5. The molecule has 0 aliphatic rings. The van der Waals surface area contributed by atoms with Gasteiger partial charge in [-0.1, -0.05) is 24.3 Å². The molecule has 1 aromatic heterocycles. The Labute approximate surface area is 156 Å². The minimum Gasteiger partial charge on any atom is -0.486 e. The van der Waals surface area contributed by atoms with Crippen molar-refractivity contribution in [2.24, 2.45) is 0 Å². The summed E-state index contributed by atoms with van der Waals surface area (Å²) in [5.74, 6) is 0.645. The fourth-order valence-corrected chi connectivity index (χ4v) is 2.56. The maximum atomic E-state index is 13.6. The lowest BCUT2D eigenvalue weighted by Gasteiger charge is -2.09. The average Bonchev–Trinajstić information content (AvgIpc) is 3.15. The van der Waals surface area contributed by atoms with E-state index in [4.69, 9.17) is 4.74 Å². The Bertz CT molecular complexity index is 912. The van der Waals surface area contributed by atoms with Crippen molar-refractivity contribution in [3.63, 3.8) is 0 Å². The summed E-state index contributed by atoms with van der Waals surface area (Å²) in [6.07, 6.45) is 0.425. The molecule has 0 spiro atoms. The van der Waals surface area contributed by atoms with Crippen molar-refractivity contribution < 1.29 is 13.9 Å². The van der Waals surface area contributed by atoms with E-state index in [1.807, 2.05) is 6.92 Å². The van der Waals surface area contributed by atoms with Crippen LogP contribution in [0.3, 0.4) is 0 Å². The van der Waals surface area contributed by atoms with Crippen molar-refractivity contribution in [1.29, 1.82) is 0 Å². The fraction of sp³-hybridized carbons (Fsp3) is 0.263. The predicted molar refractivity (Wildman–Crippen MR) is 96.7 cm³/mol. The minimum absolute atomic E-state index is 0.208. The molecule has 0 atom stereocenters. The maximum absolute atomic E-state index is 13.6. The number of benzene rings is 2. The largest absolute Gasteiger partial charge is 0.486 e. The molecular formula is C19H20FN5O2. The van der Waals surface area contributed by atoms with Crippen molar-refractivity contribution in [3.05, 3.63) is 71.3 Å². The first-order valence-electron chi connectivity index (χ1n) is 8.67. The van der Waals surface area contributed by atoms with E-state index in [1.54, 1.807) is 47.1 Å². The van der Waals surface area contributed by atoms with E-state index in [-0.39, 0.29) is 18.3 Å². The number of carbonyl (C=O) groups excluding carboxylic acids is 1. The molecule has 1 heterocycles. The summed E-state index contributed by atoms with van der Waals surface area (Å²) in [5.41, 5.74) is 1.04. The van der Waals surface area contributed by atoms with E-state index in [0.717, 1.165) is 0 Å². The van der Waals surface area contributed by atoms with Gasteiger partial charge in [-0.2, -0.15) is 0 Å². The highest BCUT2D eigenvalue weighted by atomic mass is 19.1. The first kappa shape index (κ1) is 18.5. The topological polar surface area (TPSA) is 81.9 Å². The number of aromatic nitrogens is 4. The van der Waals surface area contributed by atoms with Gasteiger partial charge in [0.05, 0.1) is 0 Å². The molecule has 7 nitrogen and oxygen atoms in total. The van der Waals surface area contributed by atoms with E-state index in [9.17, 15) is 9.18 Å². The zero-order valence-corrected chi connectivity index (χ0v) is 14.9. The van der Waals surface area contributed by atoms with Gasteiger partial charge in [0.1, 0.15) is 18.2 Å². The molecule has 0 fully saturated rings. The van der Waals surface area contributed by atoms with Crippen molar-refractivity contribution >= 4 is 5.91 Å². The lowest BCUT2D eigenvalue weighted by Crippen LogP contribution is -2.25. The molecule has 0 bridgehead atoms. The Morgan fingerprint density at radius 1 is 1.22 bits per heavy atom. The molecular weight excluding hydrogens is 349 g/mol. The number of carbonyl (C=O) groups is 1. The number of ether oxygens (including phenoxy) is 1. The first-order valence-corrected chi connectivity index (χ1v) is 8.67. The van der Waals surface area contributed by atoms with E-state index >= 15 is 0 Å². The third-order valence-corrected chi connectivity index (χ3v) is 4.01. The molecule has 0 radical (unpaired) electrons. The quantitative estimate of drug-likeness (QED) is 0.659. The molecule has 0 aliphatic heterocycles. The minimum atomic E-state index is -0.267. The Kier molecular flexibility index (Phi) is 6.09. The highest BCUT2D eigenvalue weighted by molar-refractivity contribution is 5.94. The molecule has 2 aromatic carbocycles. The molecule has 1 N–H and O–H groups in total. The van der Waals surface area contributed by atoms with Crippen molar-refractivity contribution in [2.45, 2.75) is 26.5 Å². The normalized spacial score (nSPS) is 10.6. The number of hydrogen-bond donors (Lipinski definition) is 1. The van der Waals surface area contributed by atoms with Gasteiger partial charge in [-0.05, 0) is 53.6 Å². The van der Waals surface area contributed by atoms with Gasteiger partial charge < -0.3 is 10.1 Å². The molecule has 27 heavy (non-hydrogen) atoms. The molecule has 8 heteroatoms. The number of aryl methyl sites for hydroxylation is 1. The number of nitrogens with one attached hydrogen (secondary N) is 1. The molecule has 3 aromatic rings. The molecule has 140 valence electrons. The molecule has 0 saturated carbocycles. The van der Waals surface area contributed by atoms with Crippen molar-refractivity contribution in [1.82, 2.24) is 25.5 Å². The highest BCUT2D eigenvalue weighted by Gasteiger charge is 2.09. The van der Waals surface area contributed by atoms with Crippen LogP contribution >= 0.6 is 0 Å². The number of amides is 1. The lowest BCUT2D eigenvalue weighted by molar-refractivity contribution is 0.0953. The molecule has 0 aliphatic carbocycles. The smallest absolute Gasteiger partial charge is 0.251 e. The number of nitrogens with zero attached hydrogens (tertiary/aromatic N) is 4. The summed E-state index contributed by atoms with van der Waals surface area (Å²) in [6.45, 7) is 3.14. The maximum Gasteiger partial charge on any atom is 0.251 e. The number of rotatable bonds is 8. The second-order valence-corrected chi connectivity index (χ2v) is 5.82. The van der Waals surface area contributed by atoms with Crippen LogP contribution in [0.4, 0.5) is 4.39 Å². The summed E-state index contributed by atoms with van der Waals surface area (Å²) < 4.78 is 20.9. The standard InChI is InChI=1S/C19H20FN5O2/c1-2-25-18(22-23-24-25)13-27-16-8-5-7-15(12-16)19(26)21-11-10-14-6-3-4-9-17(14)20/h3-9,12H,2,10-11,13H2,1H3,(H,21,26). The van der Waals surface area contributed by atoms with Crippen LogP contribution in [0.15, 0.2) is 48.5 Å². The number of tetrazole rings is 1. The summed E-state index contributed by atoms with van der Waals surface area (Å²) in [4.78, 5) is 12.3. The molecule has 0 saturated heterocycles. The summed E-state index contributed by atoms with van der Waals surface area (Å²) >= 11 is 0. The summed E-state index contributed by atoms with van der Waals surface area (Å²) in [7, 11) is 0. The SMILES string of the molecule is CCn1nnnc1COc1cccc(C(=O)NCCc2ccccc2F)c1. The van der Waals surface area contributed by atoms with Crippen LogP contribution in [0.5, 0.6) is 5.75 Å². The molecule has 0 unspecified atom stereocenters. The second kappa shape index (κ2) is 8.88. The van der Waals surface area contributed by atoms with Crippen LogP contribution in [-0.4, -0.2) is 32.7 Å². The van der Waals surface area contributed by atoms with Gasteiger partial charge in [-0.25, -0.2) is 9.07 Å². The Morgan fingerprint density at radius 3 is 2.89 bits per heavy atom. The summed E-state index contributed by atoms with van der Waals surface area (Å²) in [5, 5.41) is 14.1. The Hall–Kier alpha value is -3.29. The molecule has 1 amide bonds. The van der Waals surface area contributed by atoms with Gasteiger partial charge >= 0.3 is 0 Å². The van der Waals surface area contributed by atoms with Gasteiger partial charge in [0, 0.05) is 18.7 Å². The van der Waals surface area contributed by atoms with E-state index in [1.165, 1.54) is 6.07 Å². The third-order valence-electron chi connectivity index (χ3n) is 4.01. The van der Waals surface area contributed by atoms with Crippen LogP contribution in [0.25, 0.3) is 0 Å². The molecule has 3 rings (SSSR count). The Balaban J connectivity index is 1.54. The fourth-order valence-electron chi connectivity index (χ4n) is 2.56. The zero-order valence-electron chi connectivity index (χ0n) is 14.9. The van der Waals surface area contributed by atoms with E-state index in [2.05, 4.69) is 20.8 Å². The summed E-state index contributed by atoms with van der Waals surface area (Å²) in [6, 6.07) is 13.4. The van der Waals surface area contributed by atoms with Gasteiger partial charge in [0.15, 0.2) is 5.82 Å². The predicted octanol–water partition coefficient (Wildman–Crippen LogP) is 2.38. The van der Waals surface area contributed by atoms with Gasteiger partial charge in [0.2, 0.25) is 0 Å².